The fourth-order valence-electron chi connectivity index (χ4n) is 3.72. The van der Waals surface area contributed by atoms with E-state index in [1.807, 2.05) is 49.4 Å². The first kappa shape index (κ1) is 22.6. The van der Waals surface area contributed by atoms with Crippen LogP contribution in [0.15, 0.2) is 81.3 Å². The summed E-state index contributed by atoms with van der Waals surface area (Å²) in [6.45, 7) is 2.08. The zero-order chi connectivity index (χ0) is 22.4. The SMILES string of the molecule is Cc1ccccc1C(CC(N=O)c1ccc(=O)n(CCC(=O)O)c1)c1ccc(Br)cc1. The molecule has 0 aliphatic rings. The van der Waals surface area contributed by atoms with Crippen molar-refractivity contribution in [2.24, 2.45) is 5.18 Å². The lowest BCUT2D eigenvalue weighted by molar-refractivity contribution is -0.137. The van der Waals surface area contributed by atoms with Crippen LogP contribution in [0.1, 0.15) is 47.1 Å². The highest BCUT2D eigenvalue weighted by molar-refractivity contribution is 9.10. The van der Waals surface area contributed by atoms with Crippen LogP contribution in [0, 0.1) is 11.8 Å². The number of hydrogen-bond donors (Lipinski definition) is 1. The normalized spacial score (nSPS) is 12.8. The second-order valence-electron chi connectivity index (χ2n) is 7.46. The Hall–Kier alpha value is -3.06. The Morgan fingerprint density at radius 2 is 1.74 bits per heavy atom. The number of benzene rings is 2. The fraction of sp³-hybridized carbons (Fsp3) is 0.250. The monoisotopic (exact) mass is 482 g/mol. The minimum atomic E-state index is -0.989. The largest absolute Gasteiger partial charge is 0.481 e. The van der Waals surface area contributed by atoms with Gasteiger partial charge in [0.2, 0.25) is 0 Å². The van der Waals surface area contributed by atoms with Gasteiger partial charge in [0.05, 0.1) is 6.42 Å². The maximum absolute atomic E-state index is 12.1. The molecule has 160 valence electrons. The third-order valence-corrected chi connectivity index (χ3v) is 5.91. The molecule has 1 aromatic heterocycles. The van der Waals surface area contributed by atoms with E-state index < -0.39 is 12.0 Å². The first-order valence-electron chi connectivity index (χ1n) is 9.94. The van der Waals surface area contributed by atoms with Crippen LogP contribution in [-0.2, 0) is 11.3 Å². The van der Waals surface area contributed by atoms with Gasteiger partial charge in [-0.1, -0.05) is 57.5 Å². The van der Waals surface area contributed by atoms with Gasteiger partial charge in [-0.05, 0) is 53.8 Å². The zero-order valence-electron chi connectivity index (χ0n) is 17.1. The molecular formula is C24H23BrN2O4. The van der Waals surface area contributed by atoms with E-state index in [1.165, 1.54) is 10.6 Å². The molecule has 3 rings (SSSR count). The van der Waals surface area contributed by atoms with Crippen LogP contribution in [0.2, 0.25) is 0 Å². The quantitative estimate of drug-likeness (QED) is 0.412. The van der Waals surface area contributed by atoms with Gasteiger partial charge in [0.1, 0.15) is 6.04 Å². The van der Waals surface area contributed by atoms with Crippen LogP contribution >= 0.6 is 15.9 Å². The zero-order valence-corrected chi connectivity index (χ0v) is 18.7. The molecule has 0 saturated heterocycles. The second kappa shape index (κ2) is 10.3. The average molecular weight is 483 g/mol. The topological polar surface area (TPSA) is 88.7 Å². The highest BCUT2D eigenvalue weighted by Crippen LogP contribution is 2.37. The van der Waals surface area contributed by atoms with Crippen molar-refractivity contribution in [1.82, 2.24) is 4.57 Å². The van der Waals surface area contributed by atoms with Gasteiger partial charge >= 0.3 is 5.97 Å². The highest BCUT2D eigenvalue weighted by atomic mass is 79.9. The van der Waals surface area contributed by atoms with E-state index in [-0.39, 0.29) is 24.4 Å². The number of aryl methyl sites for hydroxylation is 2. The first-order chi connectivity index (χ1) is 14.9. The van der Waals surface area contributed by atoms with Crippen molar-refractivity contribution in [2.45, 2.75) is 38.3 Å². The van der Waals surface area contributed by atoms with Crippen molar-refractivity contribution >= 4 is 21.9 Å². The van der Waals surface area contributed by atoms with Crippen LogP contribution in [0.4, 0.5) is 0 Å². The van der Waals surface area contributed by atoms with E-state index in [4.69, 9.17) is 5.11 Å². The van der Waals surface area contributed by atoms with Gasteiger partial charge in [0, 0.05) is 29.2 Å². The van der Waals surface area contributed by atoms with Gasteiger partial charge in [0.15, 0.2) is 0 Å². The number of carbonyl (C=O) groups is 1. The number of carboxylic acid groups (broad SMARTS) is 1. The summed E-state index contributed by atoms with van der Waals surface area (Å²) in [6.07, 6.45) is 1.80. The lowest BCUT2D eigenvalue weighted by atomic mass is 9.83. The number of aromatic nitrogens is 1. The molecule has 6 nitrogen and oxygen atoms in total. The van der Waals surface area contributed by atoms with Crippen LogP contribution in [0.3, 0.4) is 0 Å². The molecular weight excluding hydrogens is 460 g/mol. The molecule has 2 atom stereocenters. The Morgan fingerprint density at radius 3 is 2.39 bits per heavy atom. The Balaban J connectivity index is 1.97. The van der Waals surface area contributed by atoms with Crippen molar-refractivity contribution in [3.63, 3.8) is 0 Å². The summed E-state index contributed by atoms with van der Waals surface area (Å²) in [4.78, 5) is 34.8. The van der Waals surface area contributed by atoms with E-state index in [0.29, 0.717) is 12.0 Å². The fourth-order valence-corrected chi connectivity index (χ4v) is 3.98. The molecule has 1 heterocycles. The van der Waals surface area contributed by atoms with Crippen LogP contribution < -0.4 is 5.56 Å². The van der Waals surface area contributed by atoms with Gasteiger partial charge in [0.25, 0.3) is 5.56 Å². The number of carboxylic acids is 1. The smallest absolute Gasteiger partial charge is 0.305 e. The van der Waals surface area contributed by atoms with E-state index in [0.717, 1.165) is 21.2 Å². The van der Waals surface area contributed by atoms with Gasteiger partial charge < -0.3 is 9.67 Å². The predicted molar refractivity (Wildman–Crippen MR) is 123 cm³/mol. The molecule has 0 fully saturated rings. The predicted octanol–water partition coefficient (Wildman–Crippen LogP) is 5.42. The number of aliphatic carboxylic acids is 1. The van der Waals surface area contributed by atoms with Gasteiger partial charge in [-0.25, -0.2) is 0 Å². The molecule has 1 N–H and O–H groups in total. The maximum atomic E-state index is 12.1. The third kappa shape index (κ3) is 5.76. The Labute approximate surface area is 188 Å². The molecule has 3 aromatic rings. The lowest BCUT2D eigenvalue weighted by Gasteiger charge is -2.23. The number of nitrogens with zero attached hydrogens (tertiary/aromatic N) is 2. The second-order valence-corrected chi connectivity index (χ2v) is 8.37. The standard InChI is InChI=1S/C24H23BrN2O4/c1-16-4-2-3-5-20(16)21(17-6-9-19(25)10-7-17)14-22(26-31)18-8-11-23(28)27(15-18)13-12-24(29)30/h2-11,15,21-22H,12-14H2,1H3,(H,29,30). The van der Waals surface area contributed by atoms with Crippen LogP contribution in [0.25, 0.3) is 0 Å². The molecule has 0 aliphatic carbocycles. The summed E-state index contributed by atoms with van der Waals surface area (Å²) in [6, 6.07) is 18.3. The van der Waals surface area contributed by atoms with Gasteiger partial charge in [-0.2, -0.15) is 4.91 Å². The van der Waals surface area contributed by atoms with E-state index >= 15 is 0 Å². The number of rotatable bonds is 9. The Morgan fingerprint density at radius 1 is 1.06 bits per heavy atom. The number of halogens is 1. The number of pyridine rings is 1. The summed E-state index contributed by atoms with van der Waals surface area (Å²) in [5.41, 5.74) is 3.57. The average Bonchev–Trinajstić information content (AvgIpc) is 2.76. The third-order valence-electron chi connectivity index (χ3n) is 5.38. The summed E-state index contributed by atoms with van der Waals surface area (Å²) < 4.78 is 2.29. The van der Waals surface area contributed by atoms with Crippen molar-refractivity contribution < 1.29 is 9.90 Å². The molecule has 0 bridgehead atoms. The summed E-state index contributed by atoms with van der Waals surface area (Å²) in [7, 11) is 0. The highest BCUT2D eigenvalue weighted by Gasteiger charge is 2.24. The van der Waals surface area contributed by atoms with Crippen molar-refractivity contribution in [2.75, 3.05) is 0 Å². The van der Waals surface area contributed by atoms with Crippen molar-refractivity contribution in [1.29, 1.82) is 0 Å². The van der Waals surface area contributed by atoms with E-state index in [1.54, 1.807) is 12.3 Å². The minimum absolute atomic E-state index is 0.0432. The first-order valence-corrected chi connectivity index (χ1v) is 10.7. The summed E-state index contributed by atoms with van der Waals surface area (Å²) in [5, 5.41) is 12.3. The Bertz CT molecular complexity index is 1120. The molecule has 0 spiro atoms. The van der Waals surface area contributed by atoms with Crippen LogP contribution in [0.5, 0.6) is 0 Å². The summed E-state index contributed by atoms with van der Waals surface area (Å²) >= 11 is 3.46. The van der Waals surface area contributed by atoms with Crippen molar-refractivity contribution in [3.05, 3.63) is 109 Å². The van der Waals surface area contributed by atoms with Crippen LogP contribution in [-0.4, -0.2) is 15.6 Å². The summed E-state index contributed by atoms with van der Waals surface area (Å²) in [5.74, 6) is -1.06. The Kier molecular flexibility index (Phi) is 7.52. The molecule has 31 heavy (non-hydrogen) atoms. The molecule has 0 radical (unpaired) electrons. The molecule has 0 amide bonds. The molecule has 2 aromatic carbocycles. The van der Waals surface area contributed by atoms with E-state index in [9.17, 15) is 14.5 Å². The molecule has 0 aliphatic heterocycles. The van der Waals surface area contributed by atoms with Gasteiger partial charge in [-0.15, -0.1) is 0 Å². The number of nitroso groups, excluding NO2 is 1. The van der Waals surface area contributed by atoms with Crippen molar-refractivity contribution in [3.8, 4) is 0 Å². The lowest BCUT2D eigenvalue weighted by Crippen LogP contribution is -2.21. The molecule has 2 unspecified atom stereocenters. The van der Waals surface area contributed by atoms with Gasteiger partial charge in [-0.3, -0.25) is 9.59 Å². The minimum Gasteiger partial charge on any atom is -0.481 e. The maximum Gasteiger partial charge on any atom is 0.305 e. The molecule has 7 heteroatoms. The molecule has 0 saturated carbocycles. The van der Waals surface area contributed by atoms with E-state index in [2.05, 4.69) is 27.2 Å². The number of hydrogen-bond acceptors (Lipinski definition) is 4.